The zero-order valence-electron chi connectivity index (χ0n) is 9.09. The number of aromatic carboxylic acids is 1. The smallest absolute Gasteiger partial charge is 0.372 e. The molecule has 0 aliphatic carbocycles. The van der Waals surface area contributed by atoms with Crippen LogP contribution in [0.3, 0.4) is 0 Å². The lowest BCUT2D eigenvalue weighted by Gasteiger charge is -1.99. The first kappa shape index (κ1) is 12.5. The number of benzene rings is 1. The molecule has 0 spiro atoms. The fourth-order valence-corrected chi connectivity index (χ4v) is 2.60. The van der Waals surface area contributed by atoms with Gasteiger partial charge in [0, 0.05) is 15.4 Å². The molecule has 1 heterocycles. The second-order valence-corrected chi connectivity index (χ2v) is 4.96. The number of halogens is 2. The van der Waals surface area contributed by atoms with Crippen molar-refractivity contribution in [1.82, 2.24) is 0 Å². The molecule has 17 heavy (non-hydrogen) atoms. The molecule has 0 saturated carbocycles. The monoisotopic (exact) mass is 316 g/mol. The summed E-state index contributed by atoms with van der Waals surface area (Å²) in [5.74, 6) is -1.08. The van der Waals surface area contributed by atoms with Crippen molar-refractivity contribution in [2.24, 2.45) is 0 Å². The van der Waals surface area contributed by atoms with Crippen LogP contribution in [0.4, 0.5) is 0 Å². The van der Waals surface area contributed by atoms with Gasteiger partial charge in [0.1, 0.15) is 0 Å². The number of carboxylic acids is 1. The van der Waals surface area contributed by atoms with Crippen LogP contribution in [0.1, 0.15) is 29.5 Å². The van der Waals surface area contributed by atoms with E-state index in [1.54, 1.807) is 12.1 Å². The highest BCUT2D eigenvalue weighted by Gasteiger charge is 2.22. The molecular formula is C12H10BrClO3. The molecule has 0 bridgehead atoms. The fourth-order valence-electron chi connectivity index (χ4n) is 1.85. The summed E-state index contributed by atoms with van der Waals surface area (Å²) in [4.78, 5) is 11.1. The Bertz CT molecular complexity index is 589. The van der Waals surface area contributed by atoms with Crippen LogP contribution < -0.4 is 0 Å². The van der Waals surface area contributed by atoms with Gasteiger partial charge in [0.25, 0.3) is 0 Å². The minimum absolute atomic E-state index is 0.0179. The molecule has 1 aromatic carbocycles. The summed E-state index contributed by atoms with van der Waals surface area (Å²) in [6.45, 7) is 1.99. The summed E-state index contributed by atoms with van der Waals surface area (Å²) in [6, 6.07) is 3.48. The molecule has 1 N–H and O–H groups in total. The van der Waals surface area contributed by atoms with Gasteiger partial charge in [-0.15, -0.1) is 0 Å². The summed E-state index contributed by atoms with van der Waals surface area (Å²) < 4.78 is 6.17. The van der Waals surface area contributed by atoms with Gasteiger partial charge in [0.15, 0.2) is 5.58 Å². The van der Waals surface area contributed by atoms with E-state index in [-0.39, 0.29) is 5.76 Å². The van der Waals surface area contributed by atoms with Crippen molar-refractivity contribution in [2.45, 2.75) is 19.8 Å². The van der Waals surface area contributed by atoms with Gasteiger partial charge in [0.2, 0.25) is 5.76 Å². The summed E-state index contributed by atoms with van der Waals surface area (Å²) in [5, 5.41) is 10.3. The topological polar surface area (TPSA) is 50.4 Å². The van der Waals surface area contributed by atoms with Crippen molar-refractivity contribution in [3.8, 4) is 0 Å². The Kier molecular flexibility index (Phi) is 3.45. The molecular weight excluding hydrogens is 307 g/mol. The van der Waals surface area contributed by atoms with E-state index in [1.165, 1.54) is 0 Å². The molecule has 0 saturated heterocycles. The number of furan rings is 1. The van der Waals surface area contributed by atoms with Crippen LogP contribution in [0.5, 0.6) is 0 Å². The average Bonchev–Trinajstić information content (AvgIpc) is 2.65. The van der Waals surface area contributed by atoms with Crippen LogP contribution in [-0.4, -0.2) is 11.1 Å². The second kappa shape index (κ2) is 4.70. The lowest BCUT2D eigenvalue weighted by molar-refractivity contribution is 0.0663. The highest BCUT2D eigenvalue weighted by atomic mass is 79.9. The number of aryl methyl sites for hydroxylation is 1. The normalized spacial score (nSPS) is 11.0. The molecule has 0 atom stereocenters. The Morgan fingerprint density at radius 2 is 2.24 bits per heavy atom. The molecule has 0 aliphatic rings. The Labute approximate surface area is 111 Å². The quantitative estimate of drug-likeness (QED) is 0.906. The number of carbonyl (C=O) groups is 1. The number of rotatable bonds is 3. The lowest BCUT2D eigenvalue weighted by atomic mass is 10.1. The molecule has 2 aromatic rings. The number of fused-ring (bicyclic) bond motifs is 1. The van der Waals surface area contributed by atoms with E-state index in [4.69, 9.17) is 21.1 Å². The van der Waals surface area contributed by atoms with Gasteiger partial charge in [0.05, 0.1) is 5.02 Å². The fraction of sp³-hybridized carbons (Fsp3) is 0.250. The molecule has 3 nitrogen and oxygen atoms in total. The average molecular weight is 318 g/mol. The van der Waals surface area contributed by atoms with Crippen molar-refractivity contribution >= 4 is 44.5 Å². The van der Waals surface area contributed by atoms with Crippen LogP contribution in [-0.2, 0) is 6.42 Å². The van der Waals surface area contributed by atoms with Gasteiger partial charge >= 0.3 is 5.97 Å². The van der Waals surface area contributed by atoms with E-state index in [0.29, 0.717) is 22.6 Å². The van der Waals surface area contributed by atoms with Gasteiger partial charge in [-0.05, 0) is 18.6 Å². The number of hydrogen-bond donors (Lipinski definition) is 1. The second-order valence-electron chi connectivity index (χ2n) is 3.70. The number of carboxylic acid groups (broad SMARTS) is 1. The van der Waals surface area contributed by atoms with E-state index in [1.807, 2.05) is 6.92 Å². The van der Waals surface area contributed by atoms with Crippen LogP contribution in [0.2, 0.25) is 5.02 Å². The third-order valence-corrected chi connectivity index (χ3v) is 3.49. The van der Waals surface area contributed by atoms with E-state index >= 15 is 0 Å². The maximum Gasteiger partial charge on any atom is 0.372 e. The first-order chi connectivity index (χ1) is 8.06. The standard InChI is InChI=1S/C12H10BrClO3/c1-2-3-6-9-7(13)4-5-8(14)11(9)17-10(6)12(15)16/h4-5H,2-3H2,1H3,(H,15,16). The highest BCUT2D eigenvalue weighted by Crippen LogP contribution is 2.37. The van der Waals surface area contributed by atoms with Gasteiger partial charge in [-0.3, -0.25) is 0 Å². The lowest BCUT2D eigenvalue weighted by Crippen LogP contribution is -1.98. The van der Waals surface area contributed by atoms with E-state index in [2.05, 4.69) is 15.9 Å². The Morgan fingerprint density at radius 1 is 1.53 bits per heavy atom. The molecule has 0 unspecified atom stereocenters. The first-order valence-electron chi connectivity index (χ1n) is 5.19. The van der Waals surface area contributed by atoms with Crippen molar-refractivity contribution in [3.63, 3.8) is 0 Å². The van der Waals surface area contributed by atoms with Gasteiger partial charge in [-0.25, -0.2) is 4.79 Å². The van der Waals surface area contributed by atoms with Crippen LogP contribution >= 0.6 is 27.5 Å². The Hall–Kier alpha value is -1.000. The molecule has 0 amide bonds. The van der Waals surface area contributed by atoms with Gasteiger partial charge < -0.3 is 9.52 Å². The molecule has 2 rings (SSSR count). The van der Waals surface area contributed by atoms with Crippen LogP contribution in [0.15, 0.2) is 21.0 Å². The SMILES string of the molecule is CCCc1c(C(=O)O)oc2c(Cl)ccc(Br)c12. The molecule has 0 fully saturated rings. The van der Waals surface area contributed by atoms with Gasteiger partial charge in [-0.2, -0.15) is 0 Å². The third-order valence-electron chi connectivity index (χ3n) is 2.53. The maximum atomic E-state index is 11.1. The van der Waals surface area contributed by atoms with Gasteiger partial charge in [-0.1, -0.05) is 40.9 Å². The summed E-state index contributed by atoms with van der Waals surface area (Å²) in [6.07, 6.45) is 1.49. The molecule has 5 heteroatoms. The third kappa shape index (κ3) is 2.07. The maximum absolute atomic E-state index is 11.1. The zero-order valence-corrected chi connectivity index (χ0v) is 11.4. The minimum atomic E-state index is -1.06. The molecule has 0 aliphatic heterocycles. The Balaban J connectivity index is 2.84. The molecule has 0 radical (unpaired) electrons. The predicted octanol–water partition coefficient (Wildman–Crippen LogP) is 4.50. The van der Waals surface area contributed by atoms with Crippen molar-refractivity contribution in [3.05, 3.63) is 33.0 Å². The summed E-state index contributed by atoms with van der Waals surface area (Å²) >= 11 is 9.41. The van der Waals surface area contributed by atoms with Crippen molar-refractivity contribution in [2.75, 3.05) is 0 Å². The van der Waals surface area contributed by atoms with Crippen molar-refractivity contribution in [1.29, 1.82) is 0 Å². The van der Waals surface area contributed by atoms with E-state index in [0.717, 1.165) is 16.3 Å². The predicted molar refractivity (Wildman–Crippen MR) is 69.9 cm³/mol. The summed E-state index contributed by atoms with van der Waals surface area (Å²) in [7, 11) is 0. The van der Waals surface area contributed by atoms with E-state index in [9.17, 15) is 4.79 Å². The van der Waals surface area contributed by atoms with Crippen molar-refractivity contribution < 1.29 is 14.3 Å². The zero-order chi connectivity index (χ0) is 12.6. The van der Waals surface area contributed by atoms with Crippen LogP contribution in [0, 0.1) is 0 Å². The molecule has 90 valence electrons. The number of hydrogen-bond acceptors (Lipinski definition) is 2. The molecule has 1 aromatic heterocycles. The van der Waals surface area contributed by atoms with E-state index < -0.39 is 5.97 Å². The van der Waals surface area contributed by atoms with Crippen LogP contribution in [0.25, 0.3) is 11.0 Å². The largest absolute Gasteiger partial charge is 0.475 e. The first-order valence-corrected chi connectivity index (χ1v) is 6.36. The minimum Gasteiger partial charge on any atom is -0.475 e. The summed E-state index contributed by atoms with van der Waals surface area (Å²) in [5.41, 5.74) is 1.13. The Morgan fingerprint density at radius 3 is 2.82 bits per heavy atom. The highest BCUT2D eigenvalue weighted by molar-refractivity contribution is 9.10.